The van der Waals surface area contributed by atoms with Crippen molar-refractivity contribution in [3.05, 3.63) is 0 Å². The van der Waals surface area contributed by atoms with E-state index in [2.05, 4.69) is 0 Å². The average molecular weight is 257 g/mol. The van der Waals surface area contributed by atoms with Gasteiger partial charge in [0, 0.05) is 13.2 Å². The molecule has 17 heavy (non-hydrogen) atoms. The van der Waals surface area contributed by atoms with E-state index in [9.17, 15) is 18.0 Å². The molecule has 0 heterocycles. The predicted molar refractivity (Wildman–Crippen MR) is 55.6 cm³/mol. The first-order valence-electron chi connectivity index (χ1n) is 5.38. The van der Waals surface area contributed by atoms with Crippen molar-refractivity contribution in [1.29, 1.82) is 0 Å². The maximum atomic E-state index is 12.3. The van der Waals surface area contributed by atoms with Gasteiger partial charge in [-0.15, -0.1) is 0 Å². The van der Waals surface area contributed by atoms with E-state index >= 15 is 0 Å². The zero-order valence-corrected chi connectivity index (χ0v) is 9.70. The van der Waals surface area contributed by atoms with Crippen molar-refractivity contribution in [2.45, 2.75) is 25.4 Å². The van der Waals surface area contributed by atoms with Gasteiger partial charge in [0.05, 0.1) is 0 Å². The molecule has 0 spiro atoms. The Kier molecular flexibility index (Phi) is 7.13. The van der Waals surface area contributed by atoms with Crippen molar-refractivity contribution in [3.8, 4) is 0 Å². The molecule has 0 aromatic rings. The van der Waals surface area contributed by atoms with Crippen molar-refractivity contribution >= 4 is 5.97 Å². The summed E-state index contributed by atoms with van der Waals surface area (Å²) in [5.41, 5.74) is 0. The Hall–Kier alpha value is -0.820. The monoisotopic (exact) mass is 257 g/mol. The van der Waals surface area contributed by atoms with Crippen molar-refractivity contribution in [2.24, 2.45) is 5.92 Å². The third kappa shape index (κ3) is 7.17. The normalized spacial score (nSPS) is 14.0. The fourth-order valence-corrected chi connectivity index (χ4v) is 1.39. The lowest BCUT2D eigenvalue weighted by molar-refractivity contribution is -0.196. The molecule has 0 saturated heterocycles. The van der Waals surface area contributed by atoms with E-state index in [4.69, 9.17) is 10.2 Å². The molecule has 0 rings (SSSR count). The lowest BCUT2D eigenvalue weighted by Crippen LogP contribution is -2.40. The summed E-state index contributed by atoms with van der Waals surface area (Å²) in [6.07, 6.45) is -2.76. The molecule has 4 nitrogen and oxygen atoms in total. The van der Waals surface area contributed by atoms with Crippen LogP contribution in [0, 0.1) is 5.92 Å². The van der Waals surface area contributed by atoms with Crippen LogP contribution in [0.1, 0.15) is 19.3 Å². The third-order valence-electron chi connectivity index (χ3n) is 2.39. The quantitative estimate of drug-likeness (QED) is 0.644. The zero-order chi connectivity index (χ0) is 13.5. The summed E-state index contributed by atoms with van der Waals surface area (Å²) in [4.78, 5) is 11.8. The van der Waals surface area contributed by atoms with E-state index < -0.39 is 24.6 Å². The standard InChI is InChI=1S/C10H18F3NO3/c1-14(5-3-2-4-6-15)7-8(9(16)17)10(11,12)13/h8,15H,2-7H2,1H3,(H,16,17). The minimum absolute atomic E-state index is 0.0595. The van der Waals surface area contributed by atoms with Gasteiger partial charge < -0.3 is 15.1 Å². The number of carboxylic acid groups (broad SMARTS) is 1. The highest BCUT2D eigenvalue weighted by atomic mass is 19.4. The van der Waals surface area contributed by atoms with Gasteiger partial charge in [-0.25, -0.2) is 0 Å². The summed E-state index contributed by atoms with van der Waals surface area (Å²) in [6, 6.07) is 0. The van der Waals surface area contributed by atoms with Crippen LogP contribution in [0.5, 0.6) is 0 Å². The van der Waals surface area contributed by atoms with Crippen LogP contribution < -0.4 is 0 Å². The second kappa shape index (κ2) is 7.50. The molecule has 0 saturated carbocycles. The van der Waals surface area contributed by atoms with Gasteiger partial charge in [-0.2, -0.15) is 13.2 Å². The summed E-state index contributed by atoms with van der Waals surface area (Å²) in [5.74, 6) is -4.19. The number of rotatable bonds is 8. The summed E-state index contributed by atoms with van der Waals surface area (Å²) < 4.78 is 37.0. The Morgan fingerprint density at radius 2 is 1.88 bits per heavy atom. The van der Waals surface area contributed by atoms with E-state index in [-0.39, 0.29) is 6.61 Å². The van der Waals surface area contributed by atoms with E-state index in [0.29, 0.717) is 25.8 Å². The van der Waals surface area contributed by atoms with Crippen LogP contribution in [0.25, 0.3) is 0 Å². The van der Waals surface area contributed by atoms with E-state index in [1.54, 1.807) is 0 Å². The molecule has 0 amide bonds. The van der Waals surface area contributed by atoms with Gasteiger partial charge in [0.2, 0.25) is 0 Å². The highest BCUT2D eigenvalue weighted by Gasteiger charge is 2.45. The second-order valence-electron chi connectivity index (χ2n) is 3.98. The highest BCUT2D eigenvalue weighted by Crippen LogP contribution is 2.27. The molecule has 0 aliphatic heterocycles. The lowest BCUT2D eigenvalue weighted by atomic mass is 10.1. The van der Waals surface area contributed by atoms with Crippen LogP contribution in [-0.4, -0.2) is 54.0 Å². The van der Waals surface area contributed by atoms with Crippen molar-refractivity contribution in [3.63, 3.8) is 0 Å². The lowest BCUT2D eigenvalue weighted by Gasteiger charge is -2.22. The Morgan fingerprint density at radius 1 is 1.29 bits per heavy atom. The number of alkyl halides is 3. The molecule has 0 aromatic carbocycles. The zero-order valence-electron chi connectivity index (χ0n) is 9.70. The molecule has 0 fully saturated rings. The average Bonchev–Trinajstić information content (AvgIpc) is 2.19. The first-order valence-corrected chi connectivity index (χ1v) is 5.38. The fourth-order valence-electron chi connectivity index (χ4n) is 1.39. The third-order valence-corrected chi connectivity index (χ3v) is 2.39. The van der Waals surface area contributed by atoms with Gasteiger partial charge in [-0.05, 0) is 32.9 Å². The van der Waals surface area contributed by atoms with Crippen molar-refractivity contribution in [1.82, 2.24) is 4.90 Å². The van der Waals surface area contributed by atoms with E-state index in [1.165, 1.54) is 11.9 Å². The number of hydrogen-bond donors (Lipinski definition) is 2. The summed E-state index contributed by atoms with van der Waals surface area (Å²) in [7, 11) is 1.46. The molecule has 1 atom stereocenters. The topological polar surface area (TPSA) is 60.8 Å². The number of carboxylic acids is 1. The molecule has 0 aromatic heterocycles. The highest BCUT2D eigenvalue weighted by molar-refractivity contribution is 5.71. The van der Waals surface area contributed by atoms with Crippen molar-refractivity contribution < 1.29 is 28.2 Å². The Bertz CT molecular complexity index is 233. The van der Waals surface area contributed by atoms with Gasteiger partial charge in [0.25, 0.3) is 0 Å². The summed E-state index contributed by atoms with van der Waals surface area (Å²) in [6.45, 7) is -0.0954. The van der Waals surface area contributed by atoms with Gasteiger partial charge >= 0.3 is 12.1 Å². The first kappa shape index (κ1) is 16.2. The largest absolute Gasteiger partial charge is 0.481 e. The van der Waals surface area contributed by atoms with Gasteiger partial charge in [0.15, 0.2) is 5.92 Å². The number of nitrogens with zero attached hydrogens (tertiary/aromatic N) is 1. The maximum absolute atomic E-state index is 12.3. The molecule has 7 heteroatoms. The van der Waals surface area contributed by atoms with E-state index in [1.807, 2.05) is 0 Å². The number of aliphatic hydroxyl groups excluding tert-OH is 1. The molecular formula is C10H18F3NO3. The van der Waals surface area contributed by atoms with Crippen LogP contribution in [0.15, 0.2) is 0 Å². The minimum atomic E-state index is -4.72. The molecule has 0 radical (unpaired) electrons. The Labute approximate surface area is 98.0 Å². The number of halogens is 3. The number of aliphatic hydroxyl groups is 1. The fraction of sp³-hybridized carbons (Fsp3) is 0.900. The Balaban J connectivity index is 4.05. The van der Waals surface area contributed by atoms with Crippen LogP contribution in [-0.2, 0) is 4.79 Å². The first-order chi connectivity index (χ1) is 7.79. The summed E-state index contributed by atoms with van der Waals surface area (Å²) >= 11 is 0. The smallest absolute Gasteiger partial charge is 0.403 e. The van der Waals surface area contributed by atoms with Crippen LogP contribution >= 0.6 is 0 Å². The minimum Gasteiger partial charge on any atom is -0.481 e. The van der Waals surface area contributed by atoms with Crippen molar-refractivity contribution in [2.75, 3.05) is 26.7 Å². The molecule has 0 bridgehead atoms. The van der Waals surface area contributed by atoms with Gasteiger partial charge in [0.1, 0.15) is 0 Å². The molecular weight excluding hydrogens is 239 g/mol. The number of aliphatic carboxylic acids is 1. The van der Waals surface area contributed by atoms with Gasteiger partial charge in [-0.3, -0.25) is 4.79 Å². The molecule has 1 unspecified atom stereocenters. The second-order valence-corrected chi connectivity index (χ2v) is 3.98. The SMILES string of the molecule is CN(CCCCCO)CC(C(=O)O)C(F)(F)F. The van der Waals surface area contributed by atoms with E-state index in [0.717, 1.165) is 0 Å². The number of carbonyl (C=O) groups is 1. The Morgan fingerprint density at radius 3 is 2.29 bits per heavy atom. The van der Waals surface area contributed by atoms with Crippen LogP contribution in [0.2, 0.25) is 0 Å². The number of hydrogen-bond acceptors (Lipinski definition) is 3. The van der Waals surface area contributed by atoms with Crippen LogP contribution in [0.3, 0.4) is 0 Å². The maximum Gasteiger partial charge on any atom is 0.403 e. The molecule has 0 aliphatic rings. The number of unbranched alkanes of at least 4 members (excludes halogenated alkanes) is 2. The molecule has 0 aliphatic carbocycles. The molecule has 2 N–H and O–H groups in total. The van der Waals surface area contributed by atoms with Gasteiger partial charge in [-0.1, -0.05) is 0 Å². The summed E-state index contributed by atoms with van der Waals surface area (Å²) in [5, 5.41) is 17.0. The van der Waals surface area contributed by atoms with Crippen LogP contribution in [0.4, 0.5) is 13.2 Å². The molecule has 102 valence electrons. The predicted octanol–water partition coefficient (Wildman–Crippen LogP) is 1.34.